The fraction of sp³-hybridized carbons (Fsp3) is 0.200. The van der Waals surface area contributed by atoms with E-state index in [0.29, 0.717) is 0 Å². The van der Waals surface area contributed by atoms with Crippen molar-refractivity contribution in [2.45, 2.75) is 12.8 Å². The summed E-state index contributed by atoms with van der Waals surface area (Å²) in [6.07, 6.45) is 4.58. The molecule has 0 bridgehead atoms. The maximum absolute atomic E-state index is 5.75. The van der Waals surface area contributed by atoms with Gasteiger partial charge in [0.1, 0.15) is 0 Å². The molecular formula is C10H9Cl. The van der Waals surface area contributed by atoms with Crippen LogP contribution in [-0.2, 0) is 6.42 Å². The zero-order chi connectivity index (χ0) is 7.68. The van der Waals surface area contributed by atoms with Crippen molar-refractivity contribution in [2.75, 3.05) is 0 Å². The second-order valence-electron chi connectivity index (χ2n) is 2.87. The van der Waals surface area contributed by atoms with Gasteiger partial charge in [-0.1, -0.05) is 35.4 Å². The fourth-order valence-corrected chi connectivity index (χ4v) is 1.21. The van der Waals surface area contributed by atoms with Crippen molar-refractivity contribution in [3.05, 3.63) is 46.5 Å². The largest absolute Gasteiger partial charge is 0.0843 e. The molecule has 0 unspecified atom stereocenters. The molecule has 11 heavy (non-hydrogen) atoms. The second kappa shape index (κ2) is 2.71. The fourth-order valence-electron chi connectivity index (χ4n) is 1.08. The lowest BCUT2D eigenvalue weighted by atomic mass is 10.1. The maximum Gasteiger partial charge on any atom is 0.0406 e. The Balaban J connectivity index is 2.12. The van der Waals surface area contributed by atoms with Crippen molar-refractivity contribution in [2.24, 2.45) is 0 Å². The first-order valence-electron chi connectivity index (χ1n) is 3.77. The van der Waals surface area contributed by atoms with Gasteiger partial charge in [-0.15, -0.1) is 0 Å². The van der Waals surface area contributed by atoms with E-state index < -0.39 is 0 Å². The molecule has 1 heteroatoms. The molecule has 0 aliphatic heterocycles. The number of hydrogen-bond donors (Lipinski definition) is 0. The van der Waals surface area contributed by atoms with Gasteiger partial charge < -0.3 is 0 Å². The lowest BCUT2D eigenvalue weighted by Gasteiger charge is -1.95. The summed E-state index contributed by atoms with van der Waals surface area (Å²) in [6.45, 7) is 0. The van der Waals surface area contributed by atoms with E-state index in [-0.39, 0.29) is 0 Å². The number of rotatable bonds is 2. The zero-order valence-electron chi connectivity index (χ0n) is 6.18. The predicted octanol–water partition coefficient (Wildman–Crippen LogP) is 3.21. The molecule has 0 radical (unpaired) electrons. The summed E-state index contributed by atoms with van der Waals surface area (Å²) in [5.74, 6) is 0. The van der Waals surface area contributed by atoms with Crippen LogP contribution in [-0.4, -0.2) is 0 Å². The summed E-state index contributed by atoms with van der Waals surface area (Å²) < 4.78 is 0. The molecule has 1 aromatic rings. The van der Waals surface area contributed by atoms with Crippen molar-refractivity contribution in [3.8, 4) is 0 Å². The molecule has 0 aromatic heterocycles. The maximum atomic E-state index is 5.75. The smallest absolute Gasteiger partial charge is 0.0406 e. The van der Waals surface area contributed by atoms with Crippen LogP contribution in [0, 0.1) is 0 Å². The molecule has 2 rings (SSSR count). The molecule has 0 saturated carbocycles. The van der Waals surface area contributed by atoms with E-state index in [0.717, 1.165) is 11.4 Å². The van der Waals surface area contributed by atoms with Gasteiger partial charge in [-0.25, -0.2) is 0 Å². The summed E-state index contributed by atoms with van der Waals surface area (Å²) in [6, 6.07) is 8.06. The van der Waals surface area contributed by atoms with Crippen molar-refractivity contribution in [1.82, 2.24) is 0 Å². The van der Waals surface area contributed by atoms with Gasteiger partial charge in [0.25, 0.3) is 0 Å². The van der Waals surface area contributed by atoms with Gasteiger partial charge in [0, 0.05) is 5.02 Å². The highest BCUT2D eigenvalue weighted by Gasteiger charge is 2.06. The Hall–Kier alpha value is -0.750. The Morgan fingerprint density at radius 3 is 2.36 bits per heavy atom. The highest BCUT2D eigenvalue weighted by Crippen LogP contribution is 2.23. The van der Waals surface area contributed by atoms with Crippen LogP contribution in [0.3, 0.4) is 0 Å². The Morgan fingerprint density at radius 1 is 1.18 bits per heavy atom. The topological polar surface area (TPSA) is 0 Å². The van der Waals surface area contributed by atoms with Crippen molar-refractivity contribution < 1.29 is 0 Å². The molecule has 0 spiro atoms. The minimum Gasteiger partial charge on any atom is -0.0843 e. The summed E-state index contributed by atoms with van der Waals surface area (Å²) in [7, 11) is 0. The molecule has 0 heterocycles. The highest BCUT2D eigenvalue weighted by atomic mass is 35.5. The average molecular weight is 165 g/mol. The first-order valence-corrected chi connectivity index (χ1v) is 4.15. The van der Waals surface area contributed by atoms with Crippen LogP contribution < -0.4 is 0 Å². The standard InChI is InChI=1S/C10H9Cl/c11-10-5-3-9(4-6-10)7-8-1-2-8/h1,3-6H,2,7H2. The predicted molar refractivity (Wildman–Crippen MR) is 47.9 cm³/mol. The van der Waals surface area contributed by atoms with Gasteiger partial charge >= 0.3 is 0 Å². The van der Waals surface area contributed by atoms with Gasteiger partial charge in [0.15, 0.2) is 0 Å². The number of halogens is 1. The monoisotopic (exact) mass is 164 g/mol. The highest BCUT2D eigenvalue weighted by molar-refractivity contribution is 6.30. The summed E-state index contributed by atoms with van der Waals surface area (Å²) in [5, 5.41) is 0.818. The second-order valence-corrected chi connectivity index (χ2v) is 3.31. The SMILES string of the molecule is Clc1ccc(CC2=CC2)cc1. The van der Waals surface area contributed by atoms with Crippen molar-refractivity contribution in [3.63, 3.8) is 0 Å². The first kappa shape index (κ1) is 6.93. The van der Waals surface area contributed by atoms with Crippen LogP contribution >= 0.6 is 11.6 Å². The van der Waals surface area contributed by atoms with E-state index >= 15 is 0 Å². The molecule has 0 fully saturated rings. The van der Waals surface area contributed by atoms with Crippen LogP contribution in [0.4, 0.5) is 0 Å². The molecule has 56 valence electrons. The van der Waals surface area contributed by atoms with Gasteiger partial charge in [0.2, 0.25) is 0 Å². The normalized spacial score (nSPS) is 14.5. The Kier molecular flexibility index (Phi) is 1.71. The van der Waals surface area contributed by atoms with E-state index in [9.17, 15) is 0 Å². The van der Waals surface area contributed by atoms with Crippen molar-refractivity contribution >= 4 is 11.6 Å². The molecule has 0 atom stereocenters. The molecule has 1 aliphatic rings. The average Bonchev–Trinajstić information content (AvgIpc) is 2.78. The quantitative estimate of drug-likeness (QED) is 0.589. The molecular weight excluding hydrogens is 156 g/mol. The summed E-state index contributed by atoms with van der Waals surface area (Å²) in [5.41, 5.74) is 2.91. The minimum atomic E-state index is 0.818. The molecule has 0 saturated heterocycles. The Morgan fingerprint density at radius 2 is 1.82 bits per heavy atom. The van der Waals surface area contributed by atoms with Gasteiger partial charge in [0.05, 0.1) is 0 Å². The third-order valence-corrected chi connectivity index (χ3v) is 2.09. The Labute approximate surface area is 71.5 Å². The third-order valence-electron chi connectivity index (χ3n) is 1.84. The van der Waals surface area contributed by atoms with E-state index in [1.54, 1.807) is 5.57 Å². The first-order chi connectivity index (χ1) is 5.34. The van der Waals surface area contributed by atoms with Gasteiger partial charge in [-0.2, -0.15) is 0 Å². The zero-order valence-corrected chi connectivity index (χ0v) is 6.93. The van der Waals surface area contributed by atoms with E-state index in [1.165, 1.54) is 12.0 Å². The van der Waals surface area contributed by atoms with Crippen LogP contribution in [0.25, 0.3) is 0 Å². The molecule has 0 nitrogen and oxygen atoms in total. The van der Waals surface area contributed by atoms with E-state index in [1.807, 2.05) is 12.1 Å². The molecule has 0 amide bonds. The Bertz CT molecular complexity index is 282. The summed E-state index contributed by atoms with van der Waals surface area (Å²) in [4.78, 5) is 0. The number of benzene rings is 1. The lowest BCUT2D eigenvalue weighted by molar-refractivity contribution is 1.20. The third kappa shape index (κ3) is 1.84. The van der Waals surface area contributed by atoms with Crippen LogP contribution in [0.15, 0.2) is 35.9 Å². The van der Waals surface area contributed by atoms with Crippen molar-refractivity contribution in [1.29, 1.82) is 0 Å². The minimum absolute atomic E-state index is 0.818. The van der Waals surface area contributed by atoms with Gasteiger partial charge in [-0.05, 0) is 30.5 Å². The van der Waals surface area contributed by atoms with Crippen LogP contribution in [0.2, 0.25) is 5.02 Å². The van der Waals surface area contributed by atoms with Crippen LogP contribution in [0.1, 0.15) is 12.0 Å². The van der Waals surface area contributed by atoms with Crippen LogP contribution in [0.5, 0.6) is 0 Å². The summed E-state index contributed by atoms with van der Waals surface area (Å²) >= 11 is 5.75. The van der Waals surface area contributed by atoms with E-state index in [4.69, 9.17) is 11.6 Å². The number of hydrogen-bond acceptors (Lipinski definition) is 0. The molecule has 1 aromatic carbocycles. The van der Waals surface area contributed by atoms with E-state index in [2.05, 4.69) is 18.2 Å². The van der Waals surface area contributed by atoms with Gasteiger partial charge in [-0.3, -0.25) is 0 Å². The lowest BCUT2D eigenvalue weighted by Crippen LogP contribution is -1.80. The number of allylic oxidation sites excluding steroid dienone is 2. The molecule has 0 N–H and O–H groups in total. The molecule has 1 aliphatic carbocycles.